The monoisotopic (exact) mass is 435 g/mol. The second-order valence-electron chi connectivity index (χ2n) is 8.86. The van der Waals surface area contributed by atoms with E-state index in [1.54, 1.807) is 0 Å². The molecule has 5 rings (SSSR count). The molecule has 1 unspecified atom stereocenters. The zero-order chi connectivity index (χ0) is 22.8. The molecule has 3 heteroatoms. The summed E-state index contributed by atoms with van der Waals surface area (Å²) in [6.45, 7) is 5.50. The second-order valence-corrected chi connectivity index (χ2v) is 8.86. The van der Waals surface area contributed by atoms with Gasteiger partial charge in [0.25, 0.3) is 0 Å². The molecule has 33 heavy (non-hydrogen) atoms. The summed E-state index contributed by atoms with van der Waals surface area (Å²) in [7, 11) is 0. The maximum Gasteiger partial charge on any atom is 0.227 e. The summed E-state index contributed by atoms with van der Waals surface area (Å²) in [4.78, 5) is 15.1. The summed E-state index contributed by atoms with van der Waals surface area (Å²) in [5.74, 6) is 1.08. The number of aryl methyl sites for hydroxylation is 1. The van der Waals surface area contributed by atoms with E-state index in [0.29, 0.717) is 13.0 Å². The molecule has 166 valence electrons. The number of anilines is 1. The lowest BCUT2D eigenvalue weighted by molar-refractivity contribution is -0.119. The van der Waals surface area contributed by atoms with Crippen LogP contribution in [0.3, 0.4) is 0 Å². The Bertz CT molecular complexity index is 1280. The largest absolute Gasteiger partial charge is 0.489 e. The van der Waals surface area contributed by atoms with E-state index in [1.807, 2.05) is 17.0 Å². The van der Waals surface area contributed by atoms with Gasteiger partial charge in [0.05, 0.1) is 0 Å². The molecule has 0 bridgehead atoms. The number of hydrogen-bond donors (Lipinski definition) is 0. The number of rotatable bonds is 6. The summed E-state index contributed by atoms with van der Waals surface area (Å²) in [5, 5.41) is 2.44. The molecule has 0 radical (unpaired) electrons. The standard InChI is InChI=1S/C30H29NO2/c1-3-18-31-28-17-14-23-6-4-5-7-26(23)30(28)27(19-29(31)32)24-12-15-25(16-13-24)33-20-22-10-8-21(2)9-11-22/h4-17,27H,3,18-20H2,1-2H3. The number of nitrogens with zero attached hydrogens (tertiary/aromatic N) is 1. The molecular formula is C30H29NO2. The van der Waals surface area contributed by atoms with E-state index in [9.17, 15) is 4.79 Å². The van der Waals surface area contributed by atoms with Gasteiger partial charge in [0.2, 0.25) is 5.91 Å². The lowest BCUT2D eigenvalue weighted by Crippen LogP contribution is -2.37. The molecule has 1 aliphatic heterocycles. The number of carbonyl (C=O) groups excluding carboxylic acids is 1. The Kier molecular flexibility index (Phi) is 5.87. The Hall–Kier alpha value is -3.59. The zero-order valence-corrected chi connectivity index (χ0v) is 19.3. The highest BCUT2D eigenvalue weighted by molar-refractivity contribution is 6.03. The third kappa shape index (κ3) is 4.23. The Labute approximate surface area is 195 Å². The predicted octanol–water partition coefficient (Wildman–Crippen LogP) is 7.01. The van der Waals surface area contributed by atoms with Crippen molar-refractivity contribution in [3.05, 3.63) is 107 Å². The third-order valence-corrected chi connectivity index (χ3v) is 6.52. The molecule has 0 saturated heterocycles. The van der Waals surface area contributed by atoms with Gasteiger partial charge in [0.15, 0.2) is 0 Å². The maximum absolute atomic E-state index is 13.1. The van der Waals surface area contributed by atoms with Crippen molar-refractivity contribution in [2.45, 2.75) is 39.2 Å². The first-order valence-electron chi connectivity index (χ1n) is 11.7. The van der Waals surface area contributed by atoms with Crippen molar-refractivity contribution in [2.24, 2.45) is 0 Å². The van der Waals surface area contributed by atoms with E-state index in [1.165, 1.54) is 21.9 Å². The van der Waals surface area contributed by atoms with E-state index in [0.717, 1.165) is 35.5 Å². The van der Waals surface area contributed by atoms with E-state index in [2.05, 4.69) is 86.6 Å². The topological polar surface area (TPSA) is 29.5 Å². The first-order chi connectivity index (χ1) is 16.1. The van der Waals surface area contributed by atoms with Gasteiger partial charge >= 0.3 is 0 Å². The Balaban J connectivity index is 1.46. The van der Waals surface area contributed by atoms with Gasteiger partial charge in [-0.25, -0.2) is 0 Å². The highest BCUT2D eigenvalue weighted by atomic mass is 16.5. The first-order valence-corrected chi connectivity index (χ1v) is 11.7. The maximum atomic E-state index is 13.1. The molecule has 0 aromatic heterocycles. The second kappa shape index (κ2) is 9.11. The van der Waals surface area contributed by atoms with E-state index in [4.69, 9.17) is 4.74 Å². The van der Waals surface area contributed by atoms with E-state index in [-0.39, 0.29) is 11.8 Å². The molecule has 1 aliphatic rings. The van der Waals surface area contributed by atoms with Crippen LogP contribution in [0.1, 0.15) is 47.9 Å². The number of hydrogen-bond acceptors (Lipinski definition) is 2. The molecule has 4 aromatic rings. The summed E-state index contributed by atoms with van der Waals surface area (Å²) in [6.07, 6.45) is 1.43. The van der Waals surface area contributed by atoms with Crippen molar-refractivity contribution in [2.75, 3.05) is 11.4 Å². The fourth-order valence-electron chi connectivity index (χ4n) is 4.81. The lowest BCUT2D eigenvalue weighted by Gasteiger charge is -2.35. The number of ether oxygens (including phenoxy) is 1. The predicted molar refractivity (Wildman–Crippen MR) is 135 cm³/mol. The van der Waals surface area contributed by atoms with Gasteiger partial charge in [-0.1, -0.05) is 79.2 Å². The molecule has 4 aromatic carbocycles. The average molecular weight is 436 g/mol. The summed E-state index contributed by atoms with van der Waals surface area (Å²) in [6, 6.07) is 29.4. The zero-order valence-electron chi connectivity index (χ0n) is 19.3. The molecule has 1 heterocycles. The summed E-state index contributed by atoms with van der Waals surface area (Å²) >= 11 is 0. The highest BCUT2D eigenvalue weighted by Gasteiger charge is 2.33. The number of benzene rings is 4. The fraction of sp³-hybridized carbons (Fsp3) is 0.233. The van der Waals surface area contributed by atoms with E-state index >= 15 is 0 Å². The van der Waals surface area contributed by atoms with Gasteiger partial charge in [0, 0.05) is 24.6 Å². The van der Waals surface area contributed by atoms with Crippen molar-refractivity contribution in [1.29, 1.82) is 0 Å². The first kappa shape index (κ1) is 21.3. The van der Waals surface area contributed by atoms with Crippen LogP contribution in [-0.4, -0.2) is 12.5 Å². The molecule has 0 aliphatic carbocycles. The Morgan fingerprint density at radius 2 is 1.67 bits per heavy atom. The van der Waals surface area contributed by atoms with Crippen LogP contribution in [0.25, 0.3) is 10.8 Å². The van der Waals surface area contributed by atoms with Gasteiger partial charge in [-0.2, -0.15) is 0 Å². The number of fused-ring (bicyclic) bond motifs is 3. The highest BCUT2D eigenvalue weighted by Crippen LogP contribution is 2.44. The molecule has 3 nitrogen and oxygen atoms in total. The summed E-state index contributed by atoms with van der Waals surface area (Å²) < 4.78 is 6.01. The molecule has 0 saturated carbocycles. The number of amides is 1. The van der Waals surface area contributed by atoms with Crippen molar-refractivity contribution in [3.63, 3.8) is 0 Å². The average Bonchev–Trinajstić information content (AvgIpc) is 2.85. The Morgan fingerprint density at radius 1 is 0.909 bits per heavy atom. The third-order valence-electron chi connectivity index (χ3n) is 6.52. The van der Waals surface area contributed by atoms with Crippen LogP contribution in [0.2, 0.25) is 0 Å². The van der Waals surface area contributed by atoms with Crippen LogP contribution < -0.4 is 9.64 Å². The molecular weight excluding hydrogens is 406 g/mol. The molecule has 1 atom stereocenters. The molecule has 0 fully saturated rings. The molecule has 0 spiro atoms. The number of carbonyl (C=O) groups is 1. The fourth-order valence-corrected chi connectivity index (χ4v) is 4.81. The smallest absolute Gasteiger partial charge is 0.227 e. The minimum Gasteiger partial charge on any atom is -0.489 e. The minimum atomic E-state index is 0.0397. The van der Waals surface area contributed by atoms with Gasteiger partial charge in [0.1, 0.15) is 12.4 Å². The lowest BCUT2D eigenvalue weighted by atomic mass is 9.81. The molecule has 1 amide bonds. The van der Waals surface area contributed by atoms with E-state index < -0.39 is 0 Å². The van der Waals surface area contributed by atoms with Crippen molar-refractivity contribution >= 4 is 22.4 Å². The van der Waals surface area contributed by atoms with Crippen LogP contribution in [0.4, 0.5) is 5.69 Å². The quantitative estimate of drug-likeness (QED) is 0.326. The van der Waals surface area contributed by atoms with Gasteiger partial charge in [-0.3, -0.25) is 4.79 Å². The van der Waals surface area contributed by atoms with Crippen molar-refractivity contribution < 1.29 is 9.53 Å². The minimum absolute atomic E-state index is 0.0397. The SMILES string of the molecule is CCCN1C(=O)CC(c2ccc(OCc3ccc(C)cc3)cc2)c2c1ccc1ccccc21. The Morgan fingerprint density at radius 3 is 2.42 bits per heavy atom. The van der Waals surface area contributed by atoms with Crippen LogP contribution in [0.15, 0.2) is 84.9 Å². The van der Waals surface area contributed by atoms with Crippen LogP contribution in [0.5, 0.6) is 5.75 Å². The van der Waals surface area contributed by atoms with Crippen molar-refractivity contribution in [3.8, 4) is 5.75 Å². The van der Waals surface area contributed by atoms with Crippen LogP contribution in [-0.2, 0) is 11.4 Å². The van der Waals surface area contributed by atoms with Gasteiger partial charge in [-0.15, -0.1) is 0 Å². The van der Waals surface area contributed by atoms with Crippen LogP contribution in [0, 0.1) is 6.92 Å². The summed E-state index contributed by atoms with van der Waals surface area (Å²) in [5.41, 5.74) is 5.86. The van der Waals surface area contributed by atoms with Gasteiger partial charge < -0.3 is 9.64 Å². The van der Waals surface area contributed by atoms with Crippen molar-refractivity contribution in [1.82, 2.24) is 0 Å². The normalized spacial score (nSPS) is 15.5. The van der Waals surface area contributed by atoms with Crippen LogP contribution >= 0.6 is 0 Å². The van der Waals surface area contributed by atoms with Gasteiger partial charge in [-0.05, 0) is 59.0 Å². The molecule has 0 N–H and O–H groups in total.